The quantitative estimate of drug-likeness (QED) is 0.852. The molecule has 2 rings (SSSR count). The molecule has 1 N–H and O–H groups in total. The minimum atomic E-state index is -3.79. The molecule has 0 bridgehead atoms. The Kier molecular flexibility index (Phi) is 5.05. The van der Waals surface area contributed by atoms with Crippen LogP contribution in [-0.2, 0) is 14.8 Å². The summed E-state index contributed by atoms with van der Waals surface area (Å²) in [4.78, 5) is 11.9. The lowest BCUT2D eigenvalue weighted by Gasteiger charge is -2.12. The van der Waals surface area contributed by atoms with Crippen molar-refractivity contribution in [3.05, 3.63) is 59.2 Å². The van der Waals surface area contributed by atoms with E-state index in [0.29, 0.717) is 11.3 Å². The third-order valence-corrected chi connectivity index (χ3v) is 4.82. The molecule has 0 saturated heterocycles. The van der Waals surface area contributed by atoms with Crippen LogP contribution in [-0.4, -0.2) is 21.0 Å². The van der Waals surface area contributed by atoms with Gasteiger partial charge in [0.25, 0.3) is 10.0 Å². The van der Waals surface area contributed by atoms with Gasteiger partial charge >= 0.3 is 5.97 Å². The number of rotatable bonds is 5. The number of carbonyl (C=O) groups excluding carboxylic acids is 1. The fourth-order valence-electron chi connectivity index (χ4n) is 2.06. The van der Waals surface area contributed by atoms with E-state index in [1.54, 1.807) is 38.1 Å². The van der Waals surface area contributed by atoms with Crippen molar-refractivity contribution in [3.8, 4) is 0 Å². The van der Waals surface area contributed by atoms with Crippen molar-refractivity contribution < 1.29 is 17.9 Å². The zero-order valence-corrected chi connectivity index (χ0v) is 14.1. The fraction of sp³-hybridized carbons (Fsp3) is 0.235. The smallest absolute Gasteiger partial charge is 0.338 e. The molecule has 0 radical (unpaired) electrons. The van der Waals surface area contributed by atoms with Crippen LogP contribution in [0.1, 0.15) is 28.4 Å². The summed E-state index contributed by atoms with van der Waals surface area (Å²) < 4.78 is 32.6. The molecule has 0 aliphatic heterocycles. The largest absolute Gasteiger partial charge is 0.462 e. The first-order valence-electron chi connectivity index (χ1n) is 7.21. The van der Waals surface area contributed by atoms with Crippen LogP contribution in [0.3, 0.4) is 0 Å². The topological polar surface area (TPSA) is 72.5 Å². The van der Waals surface area contributed by atoms with E-state index in [1.165, 1.54) is 6.07 Å². The highest BCUT2D eigenvalue weighted by Gasteiger charge is 2.19. The minimum Gasteiger partial charge on any atom is -0.462 e. The third-order valence-electron chi connectivity index (χ3n) is 3.29. The maximum Gasteiger partial charge on any atom is 0.338 e. The summed E-state index contributed by atoms with van der Waals surface area (Å²) in [6, 6.07) is 11.5. The van der Waals surface area contributed by atoms with Gasteiger partial charge in [0.15, 0.2) is 0 Å². The molecule has 0 heterocycles. The zero-order chi connectivity index (χ0) is 17.0. The van der Waals surface area contributed by atoms with Crippen LogP contribution in [0.15, 0.2) is 47.4 Å². The average Bonchev–Trinajstić information content (AvgIpc) is 2.50. The van der Waals surface area contributed by atoms with Gasteiger partial charge in [-0.3, -0.25) is 4.72 Å². The summed E-state index contributed by atoms with van der Waals surface area (Å²) in [7, 11) is -3.79. The van der Waals surface area contributed by atoms with Gasteiger partial charge in [0.05, 0.1) is 17.1 Å². The van der Waals surface area contributed by atoms with Crippen LogP contribution in [0.4, 0.5) is 5.69 Å². The summed E-state index contributed by atoms with van der Waals surface area (Å²) in [6.45, 7) is 5.53. The fourth-order valence-corrected chi connectivity index (χ4v) is 3.39. The van der Waals surface area contributed by atoms with Gasteiger partial charge in [-0.05, 0) is 50.6 Å². The van der Waals surface area contributed by atoms with Crippen LogP contribution >= 0.6 is 0 Å². The minimum absolute atomic E-state index is 0.0589. The molecule has 0 aromatic heterocycles. The van der Waals surface area contributed by atoms with Gasteiger partial charge < -0.3 is 4.74 Å². The first-order valence-corrected chi connectivity index (χ1v) is 8.69. The number of sulfonamides is 1. The number of nitrogens with one attached hydrogen (secondary N) is 1. The van der Waals surface area contributed by atoms with E-state index in [0.717, 1.165) is 5.56 Å². The van der Waals surface area contributed by atoms with Crippen molar-refractivity contribution in [1.82, 2.24) is 0 Å². The molecular weight excluding hydrogens is 314 g/mol. The zero-order valence-electron chi connectivity index (χ0n) is 13.3. The van der Waals surface area contributed by atoms with Crippen LogP contribution in [0.25, 0.3) is 0 Å². The summed E-state index contributed by atoms with van der Waals surface area (Å²) in [5, 5.41) is 0. The Morgan fingerprint density at radius 3 is 2.35 bits per heavy atom. The first-order chi connectivity index (χ1) is 10.8. The molecule has 5 nitrogen and oxygen atoms in total. The third kappa shape index (κ3) is 4.10. The molecule has 2 aromatic rings. The Balaban J connectivity index is 2.36. The molecule has 2 aromatic carbocycles. The molecule has 0 saturated carbocycles. The number of benzene rings is 2. The van der Waals surface area contributed by atoms with E-state index in [9.17, 15) is 13.2 Å². The van der Waals surface area contributed by atoms with Crippen LogP contribution in [0, 0.1) is 13.8 Å². The predicted octanol–water partition coefficient (Wildman–Crippen LogP) is 3.28. The lowest BCUT2D eigenvalue weighted by Crippen LogP contribution is -2.15. The Labute approximate surface area is 136 Å². The molecular formula is C17H19NO4S. The van der Waals surface area contributed by atoms with E-state index < -0.39 is 16.0 Å². The van der Waals surface area contributed by atoms with Crippen LogP contribution in [0.2, 0.25) is 0 Å². The summed E-state index contributed by atoms with van der Waals surface area (Å²) in [5.74, 6) is -0.542. The number of esters is 1. The molecule has 0 fully saturated rings. The number of anilines is 1. The van der Waals surface area contributed by atoms with Crippen LogP contribution in [0.5, 0.6) is 0 Å². The highest BCUT2D eigenvalue weighted by molar-refractivity contribution is 7.92. The Morgan fingerprint density at radius 1 is 1.09 bits per heavy atom. The lowest BCUT2D eigenvalue weighted by molar-refractivity contribution is 0.0526. The second-order valence-corrected chi connectivity index (χ2v) is 6.82. The van der Waals surface area contributed by atoms with E-state index in [-0.39, 0.29) is 17.1 Å². The number of hydrogen-bond donors (Lipinski definition) is 1. The molecule has 0 aliphatic rings. The van der Waals surface area contributed by atoms with Crippen molar-refractivity contribution in [2.75, 3.05) is 11.3 Å². The molecule has 0 aliphatic carbocycles. The number of carbonyl (C=O) groups is 1. The number of ether oxygens (including phenoxy) is 1. The maximum atomic E-state index is 12.6. The highest BCUT2D eigenvalue weighted by atomic mass is 32.2. The SMILES string of the molecule is CCOC(=O)c1ccc(C)c(S(=O)(=O)Nc2ccc(C)cc2)c1. The number of hydrogen-bond acceptors (Lipinski definition) is 4. The second kappa shape index (κ2) is 6.83. The van der Waals surface area contributed by atoms with E-state index in [2.05, 4.69) is 4.72 Å². The van der Waals surface area contributed by atoms with Crippen molar-refractivity contribution in [2.45, 2.75) is 25.7 Å². The van der Waals surface area contributed by atoms with E-state index in [1.807, 2.05) is 19.1 Å². The molecule has 23 heavy (non-hydrogen) atoms. The molecule has 0 atom stereocenters. The van der Waals surface area contributed by atoms with Gasteiger partial charge in [0, 0.05) is 5.69 Å². The summed E-state index contributed by atoms with van der Waals surface area (Å²) >= 11 is 0. The Hall–Kier alpha value is -2.34. The second-order valence-electron chi connectivity index (χ2n) is 5.17. The maximum absolute atomic E-state index is 12.6. The summed E-state index contributed by atoms with van der Waals surface area (Å²) in [5.41, 5.74) is 2.27. The molecule has 6 heteroatoms. The van der Waals surface area contributed by atoms with Crippen molar-refractivity contribution >= 4 is 21.7 Å². The number of aryl methyl sites for hydroxylation is 2. The molecule has 0 unspecified atom stereocenters. The normalized spacial score (nSPS) is 11.1. The Morgan fingerprint density at radius 2 is 1.74 bits per heavy atom. The van der Waals surface area contributed by atoms with Gasteiger partial charge in [0.1, 0.15) is 0 Å². The van der Waals surface area contributed by atoms with E-state index >= 15 is 0 Å². The van der Waals surface area contributed by atoms with E-state index in [4.69, 9.17) is 4.74 Å². The summed E-state index contributed by atoms with van der Waals surface area (Å²) in [6.07, 6.45) is 0. The Bertz CT molecular complexity index is 811. The van der Waals surface area contributed by atoms with Gasteiger partial charge in [-0.1, -0.05) is 23.8 Å². The molecule has 0 spiro atoms. The van der Waals surface area contributed by atoms with Crippen molar-refractivity contribution in [2.24, 2.45) is 0 Å². The van der Waals surface area contributed by atoms with Crippen molar-refractivity contribution in [3.63, 3.8) is 0 Å². The van der Waals surface area contributed by atoms with Gasteiger partial charge in [-0.25, -0.2) is 13.2 Å². The first kappa shape index (κ1) is 17.0. The van der Waals surface area contributed by atoms with Gasteiger partial charge in [-0.2, -0.15) is 0 Å². The van der Waals surface area contributed by atoms with Crippen LogP contribution < -0.4 is 4.72 Å². The average molecular weight is 333 g/mol. The highest BCUT2D eigenvalue weighted by Crippen LogP contribution is 2.21. The monoisotopic (exact) mass is 333 g/mol. The molecule has 0 amide bonds. The van der Waals surface area contributed by atoms with Gasteiger partial charge in [0.2, 0.25) is 0 Å². The van der Waals surface area contributed by atoms with Gasteiger partial charge in [-0.15, -0.1) is 0 Å². The standard InChI is InChI=1S/C17H19NO4S/c1-4-22-17(19)14-8-7-13(3)16(11-14)23(20,21)18-15-9-5-12(2)6-10-15/h5-11,18H,4H2,1-3H3. The lowest BCUT2D eigenvalue weighted by atomic mass is 10.1. The van der Waals surface area contributed by atoms with Crippen molar-refractivity contribution in [1.29, 1.82) is 0 Å². The predicted molar refractivity (Wildman–Crippen MR) is 89.1 cm³/mol. The molecule has 122 valence electrons.